The summed E-state index contributed by atoms with van der Waals surface area (Å²) in [5, 5.41) is 8.57. The third kappa shape index (κ3) is 2.50. The fourth-order valence-corrected chi connectivity index (χ4v) is 1.18. The Kier molecular flexibility index (Phi) is 3.36. The molecule has 0 saturated carbocycles. The number of carboxylic acids is 1. The maximum absolute atomic E-state index is 13.2. The predicted octanol–water partition coefficient (Wildman–Crippen LogP) is 1.57. The summed E-state index contributed by atoms with van der Waals surface area (Å²) in [6.07, 6.45) is 1.30. The zero-order valence-electron chi connectivity index (χ0n) is 8.57. The number of carboxylic acid groups (broad SMARTS) is 1. The molecule has 1 rings (SSSR count). The second-order valence-electron chi connectivity index (χ2n) is 3.67. The summed E-state index contributed by atoms with van der Waals surface area (Å²) in [5.41, 5.74) is 5.71. The van der Waals surface area contributed by atoms with Gasteiger partial charge < -0.3 is 10.8 Å². The van der Waals surface area contributed by atoms with Gasteiger partial charge in [0, 0.05) is 12.2 Å². The van der Waals surface area contributed by atoms with E-state index in [0.717, 1.165) is 6.07 Å². The normalized spacial score (nSPS) is 12.9. The Hall–Kier alpha value is -1.49. The molecular weight excluding hydrogens is 199 g/mol. The van der Waals surface area contributed by atoms with Gasteiger partial charge >= 0.3 is 5.97 Å². The van der Waals surface area contributed by atoms with Crippen molar-refractivity contribution in [2.45, 2.75) is 19.9 Å². The summed E-state index contributed by atoms with van der Waals surface area (Å²) >= 11 is 0. The zero-order chi connectivity index (χ0) is 11.6. The molecule has 0 radical (unpaired) electrons. The van der Waals surface area contributed by atoms with Crippen molar-refractivity contribution < 1.29 is 14.3 Å². The van der Waals surface area contributed by atoms with Gasteiger partial charge in [0.25, 0.3) is 0 Å². The SMILES string of the molecule is CC(C)C(N)c1cnc(C(=O)O)c(F)c1. The minimum absolute atomic E-state index is 0.141. The average molecular weight is 212 g/mol. The summed E-state index contributed by atoms with van der Waals surface area (Å²) in [5.74, 6) is -2.09. The van der Waals surface area contributed by atoms with Crippen LogP contribution in [0.15, 0.2) is 12.3 Å². The van der Waals surface area contributed by atoms with Crippen LogP contribution < -0.4 is 5.73 Å². The molecule has 1 aromatic heterocycles. The van der Waals surface area contributed by atoms with Gasteiger partial charge in [-0.3, -0.25) is 0 Å². The highest BCUT2D eigenvalue weighted by Gasteiger charge is 2.16. The van der Waals surface area contributed by atoms with E-state index in [2.05, 4.69) is 4.98 Å². The second kappa shape index (κ2) is 4.35. The average Bonchev–Trinajstić information content (AvgIpc) is 2.15. The van der Waals surface area contributed by atoms with Crippen LogP contribution in [0.2, 0.25) is 0 Å². The molecule has 15 heavy (non-hydrogen) atoms. The van der Waals surface area contributed by atoms with Crippen LogP contribution >= 0.6 is 0 Å². The van der Waals surface area contributed by atoms with Crippen molar-refractivity contribution in [3.05, 3.63) is 29.3 Å². The fourth-order valence-electron chi connectivity index (χ4n) is 1.18. The topological polar surface area (TPSA) is 76.2 Å². The van der Waals surface area contributed by atoms with Crippen molar-refractivity contribution in [3.63, 3.8) is 0 Å². The molecule has 0 fully saturated rings. The third-order valence-corrected chi connectivity index (χ3v) is 2.17. The summed E-state index contributed by atoms with van der Waals surface area (Å²) < 4.78 is 13.2. The summed E-state index contributed by atoms with van der Waals surface area (Å²) in [4.78, 5) is 14.0. The standard InChI is InChI=1S/C10H13FN2O2/c1-5(2)8(12)6-3-7(11)9(10(14)15)13-4-6/h3-5,8H,12H2,1-2H3,(H,14,15). The highest BCUT2D eigenvalue weighted by atomic mass is 19.1. The number of aromatic nitrogens is 1. The van der Waals surface area contributed by atoms with E-state index in [0.29, 0.717) is 5.56 Å². The lowest BCUT2D eigenvalue weighted by Gasteiger charge is -2.15. The largest absolute Gasteiger partial charge is 0.476 e. The first kappa shape index (κ1) is 11.6. The highest BCUT2D eigenvalue weighted by Crippen LogP contribution is 2.19. The number of aromatic carboxylic acids is 1. The predicted molar refractivity (Wildman–Crippen MR) is 52.9 cm³/mol. The van der Waals surface area contributed by atoms with E-state index >= 15 is 0 Å². The number of pyridine rings is 1. The quantitative estimate of drug-likeness (QED) is 0.797. The molecule has 4 nitrogen and oxygen atoms in total. The van der Waals surface area contributed by atoms with Crippen LogP contribution in [-0.4, -0.2) is 16.1 Å². The van der Waals surface area contributed by atoms with E-state index in [1.54, 1.807) is 0 Å². The minimum atomic E-state index is -1.38. The first-order valence-electron chi connectivity index (χ1n) is 4.57. The lowest BCUT2D eigenvalue weighted by Crippen LogP contribution is -2.18. The van der Waals surface area contributed by atoms with Crippen LogP contribution in [0.1, 0.15) is 35.9 Å². The molecule has 0 saturated heterocycles. The summed E-state index contributed by atoms with van der Waals surface area (Å²) in [6, 6.07) is 0.788. The van der Waals surface area contributed by atoms with E-state index in [1.165, 1.54) is 6.20 Å². The van der Waals surface area contributed by atoms with E-state index in [-0.39, 0.29) is 12.0 Å². The molecule has 0 bridgehead atoms. The number of halogens is 1. The number of hydrogen-bond donors (Lipinski definition) is 2. The molecule has 0 aliphatic carbocycles. The van der Waals surface area contributed by atoms with Crippen molar-refractivity contribution >= 4 is 5.97 Å². The van der Waals surface area contributed by atoms with Gasteiger partial charge in [0.15, 0.2) is 11.5 Å². The molecule has 1 unspecified atom stereocenters. The van der Waals surface area contributed by atoms with Gasteiger partial charge in [-0.05, 0) is 17.5 Å². The molecule has 5 heteroatoms. The van der Waals surface area contributed by atoms with Crippen LogP contribution in [0.5, 0.6) is 0 Å². The smallest absolute Gasteiger partial charge is 0.357 e. The van der Waals surface area contributed by atoms with Gasteiger partial charge in [-0.2, -0.15) is 0 Å². The molecule has 0 spiro atoms. The number of hydrogen-bond acceptors (Lipinski definition) is 3. The van der Waals surface area contributed by atoms with Gasteiger partial charge in [-0.15, -0.1) is 0 Å². The number of rotatable bonds is 3. The molecule has 0 amide bonds. The van der Waals surface area contributed by atoms with Crippen molar-refractivity contribution in [2.24, 2.45) is 11.7 Å². The lowest BCUT2D eigenvalue weighted by atomic mass is 9.98. The van der Waals surface area contributed by atoms with Crippen LogP contribution in [0.4, 0.5) is 4.39 Å². The van der Waals surface area contributed by atoms with E-state index in [1.807, 2.05) is 13.8 Å². The van der Waals surface area contributed by atoms with Crippen molar-refractivity contribution in [3.8, 4) is 0 Å². The minimum Gasteiger partial charge on any atom is -0.476 e. The lowest BCUT2D eigenvalue weighted by molar-refractivity contribution is 0.0685. The van der Waals surface area contributed by atoms with E-state index < -0.39 is 17.5 Å². The first-order chi connectivity index (χ1) is 6.93. The molecule has 1 heterocycles. The van der Waals surface area contributed by atoms with Crippen LogP contribution in [-0.2, 0) is 0 Å². The molecule has 0 aliphatic heterocycles. The van der Waals surface area contributed by atoms with Gasteiger partial charge in [0.05, 0.1) is 0 Å². The monoisotopic (exact) mass is 212 g/mol. The Balaban J connectivity index is 3.06. The number of carbonyl (C=O) groups is 1. The van der Waals surface area contributed by atoms with E-state index in [9.17, 15) is 9.18 Å². The van der Waals surface area contributed by atoms with Crippen LogP contribution in [0.3, 0.4) is 0 Å². The molecule has 3 N–H and O–H groups in total. The maximum atomic E-state index is 13.2. The molecular formula is C10H13FN2O2. The van der Waals surface area contributed by atoms with Gasteiger partial charge in [0.2, 0.25) is 0 Å². The van der Waals surface area contributed by atoms with Crippen molar-refractivity contribution in [2.75, 3.05) is 0 Å². The first-order valence-corrected chi connectivity index (χ1v) is 4.57. The Morgan fingerprint density at radius 1 is 1.60 bits per heavy atom. The van der Waals surface area contributed by atoms with Gasteiger partial charge in [0.1, 0.15) is 0 Å². The number of nitrogens with zero attached hydrogens (tertiary/aromatic N) is 1. The van der Waals surface area contributed by atoms with Crippen LogP contribution in [0.25, 0.3) is 0 Å². The summed E-state index contributed by atoms with van der Waals surface area (Å²) in [7, 11) is 0. The van der Waals surface area contributed by atoms with Crippen molar-refractivity contribution in [1.29, 1.82) is 0 Å². The molecule has 0 aromatic carbocycles. The van der Waals surface area contributed by atoms with Crippen LogP contribution in [0, 0.1) is 11.7 Å². The Morgan fingerprint density at radius 2 is 2.20 bits per heavy atom. The van der Waals surface area contributed by atoms with Gasteiger partial charge in [-0.25, -0.2) is 14.2 Å². The molecule has 1 aromatic rings. The Labute approximate surface area is 86.9 Å². The Bertz CT molecular complexity index is 380. The van der Waals surface area contributed by atoms with Gasteiger partial charge in [-0.1, -0.05) is 13.8 Å². The number of nitrogens with two attached hydrogens (primary N) is 1. The zero-order valence-corrected chi connectivity index (χ0v) is 8.57. The van der Waals surface area contributed by atoms with Crippen molar-refractivity contribution in [1.82, 2.24) is 4.98 Å². The third-order valence-electron chi connectivity index (χ3n) is 2.17. The maximum Gasteiger partial charge on any atom is 0.357 e. The second-order valence-corrected chi connectivity index (χ2v) is 3.67. The highest BCUT2D eigenvalue weighted by molar-refractivity contribution is 5.85. The van der Waals surface area contributed by atoms with E-state index in [4.69, 9.17) is 10.8 Å². The summed E-state index contributed by atoms with van der Waals surface area (Å²) in [6.45, 7) is 3.79. The molecule has 82 valence electrons. The molecule has 0 aliphatic rings. The Morgan fingerprint density at radius 3 is 2.60 bits per heavy atom. The molecule has 1 atom stereocenters. The fraction of sp³-hybridized carbons (Fsp3) is 0.400.